The Kier molecular flexibility index (Phi) is 4.53. The van der Waals surface area contributed by atoms with E-state index in [1.165, 1.54) is 12.1 Å². The Hall–Kier alpha value is -2.21. The second kappa shape index (κ2) is 6.83. The molecular weight excluding hydrogens is 333 g/mol. The fourth-order valence-corrected chi connectivity index (χ4v) is 3.99. The third-order valence-electron chi connectivity index (χ3n) is 5.86. The molecule has 0 atom stereocenters. The predicted molar refractivity (Wildman–Crippen MR) is 96.2 cm³/mol. The second-order valence-corrected chi connectivity index (χ2v) is 7.33. The van der Waals surface area contributed by atoms with Gasteiger partial charge in [0.15, 0.2) is 0 Å². The highest BCUT2D eigenvalue weighted by atomic mass is 19.1. The molecule has 1 saturated carbocycles. The minimum Gasteiger partial charge on any atom is -0.378 e. The van der Waals surface area contributed by atoms with Crippen LogP contribution in [0.4, 0.5) is 4.39 Å². The number of H-pyrrole nitrogens is 1. The van der Waals surface area contributed by atoms with Crippen LogP contribution in [0.2, 0.25) is 0 Å². The van der Waals surface area contributed by atoms with Crippen molar-refractivity contribution in [3.63, 3.8) is 0 Å². The maximum atomic E-state index is 13.2. The zero-order chi connectivity index (χ0) is 18.1. The van der Waals surface area contributed by atoms with Crippen LogP contribution in [-0.2, 0) is 22.4 Å². The van der Waals surface area contributed by atoms with Crippen LogP contribution >= 0.6 is 0 Å². The van der Waals surface area contributed by atoms with Crippen LogP contribution in [0.3, 0.4) is 0 Å². The first-order valence-corrected chi connectivity index (χ1v) is 9.25. The van der Waals surface area contributed by atoms with Crippen molar-refractivity contribution in [2.75, 3.05) is 20.2 Å². The number of benzene rings is 1. The molecule has 1 aliphatic heterocycles. The number of fused-ring (bicyclic) bond motifs is 1. The highest BCUT2D eigenvalue weighted by Crippen LogP contribution is 2.38. The van der Waals surface area contributed by atoms with Crippen molar-refractivity contribution in [2.45, 2.75) is 44.1 Å². The van der Waals surface area contributed by atoms with Gasteiger partial charge in [0.2, 0.25) is 5.91 Å². The van der Waals surface area contributed by atoms with Crippen LogP contribution in [0.15, 0.2) is 24.3 Å². The normalized spacial score (nSPS) is 18.8. The van der Waals surface area contributed by atoms with Gasteiger partial charge in [0.1, 0.15) is 5.82 Å². The lowest BCUT2D eigenvalue weighted by Gasteiger charge is -2.41. The summed E-state index contributed by atoms with van der Waals surface area (Å²) in [5.41, 5.74) is 3.73. The minimum absolute atomic E-state index is 0.174. The van der Waals surface area contributed by atoms with Crippen LogP contribution in [-0.4, -0.2) is 46.8 Å². The molecule has 0 bridgehead atoms. The van der Waals surface area contributed by atoms with Gasteiger partial charge in [-0.05, 0) is 49.9 Å². The van der Waals surface area contributed by atoms with Gasteiger partial charge in [0.05, 0.1) is 17.7 Å². The maximum Gasteiger partial charge on any atom is 0.225 e. The third-order valence-corrected chi connectivity index (χ3v) is 5.86. The standard InChI is InChI=1S/C20H24FN3O2/c1-26-20(9-2-10-20)13-18(25)24-11-7-16-17(8-12-24)22-23-19(16)14-3-5-15(21)6-4-14/h3-6H,2,7-13H2,1H3,(H,22,23). The number of nitrogens with zero attached hydrogens (tertiary/aromatic N) is 2. The van der Waals surface area contributed by atoms with Gasteiger partial charge in [-0.25, -0.2) is 4.39 Å². The average Bonchev–Trinajstić information content (AvgIpc) is 2.89. The number of carbonyl (C=O) groups excluding carboxylic acids is 1. The lowest BCUT2D eigenvalue weighted by molar-refractivity contribution is -0.144. The molecule has 1 aliphatic carbocycles. The van der Waals surface area contributed by atoms with Crippen molar-refractivity contribution in [1.82, 2.24) is 15.1 Å². The SMILES string of the molecule is COC1(CC(=O)N2CCc3[nH]nc(-c4ccc(F)cc4)c3CC2)CCC1. The van der Waals surface area contributed by atoms with Crippen LogP contribution in [0.25, 0.3) is 11.3 Å². The molecule has 2 heterocycles. The van der Waals surface area contributed by atoms with Gasteiger partial charge < -0.3 is 9.64 Å². The largest absolute Gasteiger partial charge is 0.378 e. The fraction of sp³-hybridized carbons (Fsp3) is 0.500. The molecule has 1 N–H and O–H groups in total. The van der Waals surface area contributed by atoms with E-state index in [1.807, 2.05) is 4.90 Å². The van der Waals surface area contributed by atoms with Gasteiger partial charge in [0, 0.05) is 43.4 Å². The Balaban J connectivity index is 1.47. The summed E-state index contributed by atoms with van der Waals surface area (Å²) in [7, 11) is 1.71. The molecule has 6 heteroatoms. The zero-order valence-corrected chi connectivity index (χ0v) is 15.1. The smallest absolute Gasteiger partial charge is 0.225 e. The highest BCUT2D eigenvalue weighted by molar-refractivity contribution is 5.78. The van der Waals surface area contributed by atoms with Gasteiger partial charge in [-0.15, -0.1) is 0 Å². The first-order valence-electron chi connectivity index (χ1n) is 9.25. The molecular formula is C20H24FN3O2. The van der Waals surface area contributed by atoms with E-state index < -0.39 is 0 Å². The molecule has 2 aliphatic rings. The highest BCUT2D eigenvalue weighted by Gasteiger charge is 2.40. The molecule has 5 nitrogen and oxygen atoms in total. The molecule has 1 amide bonds. The van der Waals surface area contributed by atoms with Crippen LogP contribution in [0.1, 0.15) is 36.9 Å². The fourth-order valence-electron chi connectivity index (χ4n) is 3.99. The summed E-state index contributed by atoms with van der Waals surface area (Å²) in [5, 5.41) is 7.55. The number of aromatic amines is 1. The summed E-state index contributed by atoms with van der Waals surface area (Å²) in [4.78, 5) is 14.7. The Morgan fingerprint density at radius 2 is 2.00 bits per heavy atom. The Bertz CT molecular complexity index is 790. The molecule has 0 radical (unpaired) electrons. The quantitative estimate of drug-likeness (QED) is 0.915. The average molecular weight is 357 g/mol. The number of hydrogen-bond donors (Lipinski definition) is 1. The molecule has 0 saturated heterocycles. The van der Waals surface area contributed by atoms with E-state index in [2.05, 4.69) is 10.2 Å². The molecule has 138 valence electrons. The summed E-state index contributed by atoms with van der Waals surface area (Å²) < 4.78 is 18.8. The van der Waals surface area contributed by atoms with E-state index in [0.717, 1.165) is 54.6 Å². The number of aromatic nitrogens is 2. The van der Waals surface area contributed by atoms with Crippen molar-refractivity contribution < 1.29 is 13.9 Å². The molecule has 1 fully saturated rings. The van der Waals surface area contributed by atoms with Gasteiger partial charge in [0.25, 0.3) is 0 Å². The number of halogens is 1. The van der Waals surface area contributed by atoms with Crippen LogP contribution < -0.4 is 0 Å². The summed E-state index contributed by atoms with van der Waals surface area (Å²) in [6, 6.07) is 6.40. The van der Waals surface area contributed by atoms with Crippen LogP contribution in [0.5, 0.6) is 0 Å². The van der Waals surface area contributed by atoms with Gasteiger partial charge in [-0.1, -0.05) is 0 Å². The van der Waals surface area contributed by atoms with E-state index in [-0.39, 0.29) is 17.3 Å². The van der Waals surface area contributed by atoms with Crippen molar-refractivity contribution in [3.05, 3.63) is 41.3 Å². The van der Waals surface area contributed by atoms with E-state index >= 15 is 0 Å². The molecule has 1 aromatic carbocycles. The molecule has 26 heavy (non-hydrogen) atoms. The first-order chi connectivity index (χ1) is 12.6. The molecule has 1 aromatic heterocycles. The van der Waals surface area contributed by atoms with E-state index in [0.29, 0.717) is 19.5 Å². The van der Waals surface area contributed by atoms with Gasteiger partial charge >= 0.3 is 0 Å². The summed E-state index contributed by atoms with van der Waals surface area (Å²) in [6.07, 6.45) is 5.07. The molecule has 0 unspecified atom stereocenters. The number of carbonyl (C=O) groups is 1. The molecule has 0 spiro atoms. The van der Waals surface area contributed by atoms with Crippen molar-refractivity contribution in [2.24, 2.45) is 0 Å². The van der Waals surface area contributed by atoms with Crippen molar-refractivity contribution >= 4 is 5.91 Å². The number of hydrogen-bond acceptors (Lipinski definition) is 3. The van der Waals surface area contributed by atoms with Crippen molar-refractivity contribution in [3.8, 4) is 11.3 Å². The number of amides is 1. The van der Waals surface area contributed by atoms with Crippen LogP contribution in [0, 0.1) is 5.82 Å². The third kappa shape index (κ3) is 3.14. The summed E-state index contributed by atoms with van der Waals surface area (Å²) in [5.74, 6) is -0.0804. The minimum atomic E-state index is -0.254. The lowest BCUT2D eigenvalue weighted by atomic mass is 9.77. The Morgan fingerprint density at radius 3 is 2.65 bits per heavy atom. The number of ether oxygens (including phenoxy) is 1. The van der Waals surface area contributed by atoms with E-state index in [1.54, 1.807) is 19.2 Å². The lowest BCUT2D eigenvalue weighted by Crippen LogP contribution is -2.45. The topological polar surface area (TPSA) is 58.2 Å². The van der Waals surface area contributed by atoms with Gasteiger partial charge in [-0.2, -0.15) is 5.10 Å². The predicted octanol–water partition coefficient (Wildman–Crippen LogP) is 3.10. The van der Waals surface area contributed by atoms with E-state index in [9.17, 15) is 9.18 Å². The monoisotopic (exact) mass is 357 g/mol. The Morgan fingerprint density at radius 1 is 1.27 bits per heavy atom. The number of rotatable bonds is 4. The number of nitrogens with one attached hydrogen (secondary N) is 1. The maximum absolute atomic E-state index is 13.2. The van der Waals surface area contributed by atoms with Crippen molar-refractivity contribution in [1.29, 1.82) is 0 Å². The zero-order valence-electron chi connectivity index (χ0n) is 15.1. The van der Waals surface area contributed by atoms with Gasteiger partial charge in [-0.3, -0.25) is 9.89 Å². The first kappa shape index (κ1) is 17.2. The summed E-state index contributed by atoms with van der Waals surface area (Å²) >= 11 is 0. The second-order valence-electron chi connectivity index (χ2n) is 7.33. The summed E-state index contributed by atoms with van der Waals surface area (Å²) in [6.45, 7) is 1.37. The molecule has 2 aromatic rings. The number of methoxy groups -OCH3 is 1. The molecule has 4 rings (SSSR count). The van der Waals surface area contributed by atoms with E-state index in [4.69, 9.17) is 4.74 Å². The Labute approximate surface area is 152 Å².